The summed E-state index contributed by atoms with van der Waals surface area (Å²) in [7, 11) is 0. The number of hydrogen-bond acceptors (Lipinski definition) is 4. The van der Waals surface area contributed by atoms with Crippen LogP contribution in [0, 0.1) is 0 Å². The van der Waals surface area contributed by atoms with Gasteiger partial charge in [-0.15, -0.1) is 22.7 Å². The summed E-state index contributed by atoms with van der Waals surface area (Å²) in [5, 5.41) is 8.62. The van der Waals surface area contributed by atoms with E-state index in [4.69, 9.17) is 9.47 Å². The summed E-state index contributed by atoms with van der Waals surface area (Å²) in [6.07, 6.45) is 0. The van der Waals surface area contributed by atoms with Gasteiger partial charge in [-0.25, -0.2) is 0 Å². The maximum absolute atomic E-state index is 7.55. The molecule has 0 fully saturated rings. The van der Waals surface area contributed by atoms with E-state index in [0.29, 0.717) is 0 Å². The van der Waals surface area contributed by atoms with Gasteiger partial charge in [-0.05, 0) is 99.1 Å². The first-order valence-electron chi connectivity index (χ1n) is 24.3. The number of para-hydroxylation sites is 2. The molecule has 0 amide bonds. The van der Waals surface area contributed by atoms with Crippen LogP contribution in [0.3, 0.4) is 0 Å². The average Bonchev–Trinajstić information content (AvgIpc) is 4.08. The molecule has 69 heavy (non-hydrogen) atoms. The largest absolute Gasteiger partial charge is 0.457 e. The second-order valence-electron chi connectivity index (χ2n) is 22.5. The van der Waals surface area contributed by atoms with Crippen molar-refractivity contribution in [3.8, 4) is 34.4 Å². The van der Waals surface area contributed by atoms with E-state index < -0.39 is 0 Å². The van der Waals surface area contributed by atoms with Gasteiger partial charge < -0.3 is 18.6 Å². The number of thiophene rings is 2. The summed E-state index contributed by atoms with van der Waals surface area (Å²) in [6.45, 7) is 20.6. The lowest BCUT2D eigenvalue weighted by Crippen LogP contribution is -2.56. The maximum Gasteiger partial charge on any atom is 0.273 e. The van der Waals surface area contributed by atoms with E-state index in [0.717, 1.165) is 49.9 Å². The fraction of sp³-hybridized carbons (Fsp3) is 0.194. The van der Waals surface area contributed by atoms with E-state index in [9.17, 15) is 0 Å². The SMILES string of the molecule is CC(C)(C)c1ccc2sc3c(c2c1)Oc1cc(-n2c4ccccc4c4ccccc42)cc2c1B3c1cc(-n3c4ccc(C(C)(C)C)cc4c4cc(C(C)(C)C)ccc43)c3c(sc4ccccc43)c1O2. The molecule has 0 spiro atoms. The summed E-state index contributed by atoms with van der Waals surface area (Å²) in [6, 6.07) is 54.7. The smallest absolute Gasteiger partial charge is 0.273 e. The summed E-state index contributed by atoms with van der Waals surface area (Å²) in [5.41, 5.74) is 13.1. The zero-order chi connectivity index (χ0) is 47.0. The number of ether oxygens (including phenoxy) is 2. The summed E-state index contributed by atoms with van der Waals surface area (Å²) in [5.74, 6) is 3.57. The third-order valence-corrected chi connectivity index (χ3v) is 17.5. The minimum atomic E-state index is -0.133. The zero-order valence-corrected chi connectivity index (χ0v) is 42.1. The number of hydrogen-bond donors (Lipinski definition) is 0. The molecule has 0 bridgehead atoms. The fourth-order valence-electron chi connectivity index (χ4n) is 11.5. The molecule has 6 heterocycles. The third-order valence-electron chi connectivity index (χ3n) is 15.1. The van der Waals surface area contributed by atoms with Gasteiger partial charge in [0.2, 0.25) is 0 Å². The Hall–Kier alpha value is -6.80. The van der Waals surface area contributed by atoms with Crippen LogP contribution in [0.25, 0.3) is 85.2 Å². The molecule has 14 rings (SSSR count). The Bertz CT molecular complexity index is 4090. The van der Waals surface area contributed by atoms with Crippen LogP contribution >= 0.6 is 22.7 Å². The lowest BCUT2D eigenvalue weighted by Gasteiger charge is -2.33. The molecule has 0 unspecified atom stereocenters. The van der Waals surface area contributed by atoms with Crippen molar-refractivity contribution in [1.29, 1.82) is 0 Å². The molecule has 0 saturated carbocycles. The molecule has 2 aliphatic heterocycles. The van der Waals surface area contributed by atoms with Gasteiger partial charge >= 0.3 is 0 Å². The van der Waals surface area contributed by atoms with Gasteiger partial charge in [-0.3, -0.25) is 0 Å². The van der Waals surface area contributed by atoms with Crippen LogP contribution in [0.15, 0.2) is 146 Å². The average molecular weight is 931 g/mol. The van der Waals surface area contributed by atoms with E-state index in [2.05, 4.69) is 217 Å². The third kappa shape index (κ3) is 5.87. The second kappa shape index (κ2) is 13.9. The lowest BCUT2D eigenvalue weighted by molar-refractivity contribution is 0.470. The van der Waals surface area contributed by atoms with E-state index in [1.807, 2.05) is 22.7 Å². The first-order chi connectivity index (χ1) is 33.1. The molecule has 4 aromatic heterocycles. The quantitative estimate of drug-likeness (QED) is 0.162. The van der Waals surface area contributed by atoms with Crippen molar-refractivity contribution >= 4 is 119 Å². The highest BCUT2D eigenvalue weighted by Crippen LogP contribution is 2.50. The van der Waals surface area contributed by atoms with Crippen LogP contribution in [0.2, 0.25) is 0 Å². The van der Waals surface area contributed by atoms with Crippen molar-refractivity contribution in [3.63, 3.8) is 0 Å². The van der Waals surface area contributed by atoms with Gasteiger partial charge in [0.15, 0.2) is 0 Å². The van der Waals surface area contributed by atoms with E-state index >= 15 is 0 Å². The Morgan fingerprint density at radius 2 is 0.928 bits per heavy atom. The van der Waals surface area contributed by atoms with Gasteiger partial charge in [-0.1, -0.05) is 135 Å². The molecule has 7 heteroatoms. The van der Waals surface area contributed by atoms with Crippen LogP contribution < -0.4 is 25.2 Å². The standard InChI is InChI=1S/C62H51BN2O2S2/c1-60(2,3)34-22-25-47-41(28-34)42-29-35(61(4,5)6)23-26-48(42)65(47)49-33-44-57(58-54(49)40-18-12-15-21-52(40)68-58)67-51-32-37(64-45-19-13-10-16-38(45)39-17-11-14-20-46(39)64)31-50-55(51)63(44)59-56(66-50)43-30-36(62(7,8)9)24-27-53(43)69-59/h10-33H,1-9H3. The second-order valence-corrected chi connectivity index (χ2v) is 24.7. The van der Waals surface area contributed by atoms with Gasteiger partial charge in [-0.2, -0.15) is 0 Å². The Morgan fingerprint density at radius 3 is 1.52 bits per heavy atom. The predicted molar refractivity (Wildman–Crippen MR) is 297 cm³/mol. The summed E-state index contributed by atoms with van der Waals surface area (Å²) in [4.78, 5) is 0. The first-order valence-corrected chi connectivity index (χ1v) is 25.9. The molecule has 4 nitrogen and oxygen atoms in total. The van der Waals surface area contributed by atoms with Crippen LogP contribution in [-0.4, -0.2) is 15.8 Å². The van der Waals surface area contributed by atoms with Crippen molar-refractivity contribution < 1.29 is 9.47 Å². The normalized spacial score (nSPS) is 13.8. The molecule has 8 aromatic carbocycles. The minimum Gasteiger partial charge on any atom is -0.457 e. The van der Waals surface area contributed by atoms with E-state index in [-0.39, 0.29) is 23.0 Å². The van der Waals surface area contributed by atoms with Crippen molar-refractivity contribution in [2.24, 2.45) is 0 Å². The number of rotatable bonds is 2. The molecule has 0 radical (unpaired) electrons. The summed E-state index contributed by atoms with van der Waals surface area (Å²) < 4.78 is 24.7. The molecular formula is C62H51BN2O2S2. The van der Waals surface area contributed by atoms with Crippen molar-refractivity contribution in [2.45, 2.75) is 78.6 Å². The number of nitrogens with zero attached hydrogens (tertiary/aromatic N) is 2. The predicted octanol–water partition coefficient (Wildman–Crippen LogP) is 16.1. The fourth-order valence-corrected chi connectivity index (χ4v) is 13.9. The molecule has 0 saturated heterocycles. The van der Waals surface area contributed by atoms with Crippen LogP contribution in [-0.2, 0) is 16.2 Å². The number of benzene rings is 8. The topological polar surface area (TPSA) is 28.3 Å². The highest BCUT2D eigenvalue weighted by atomic mass is 32.1. The molecule has 0 N–H and O–H groups in total. The number of fused-ring (bicyclic) bond motifs is 16. The van der Waals surface area contributed by atoms with Gasteiger partial charge in [0.25, 0.3) is 6.71 Å². The maximum atomic E-state index is 7.55. The highest BCUT2D eigenvalue weighted by molar-refractivity contribution is 7.33. The van der Waals surface area contributed by atoms with Gasteiger partial charge in [0.1, 0.15) is 23.0 Å². The van der Waals surface area contributed by atoms with Crippen molar-refractivity contribution in [3.05, 3.63) is 162 Å². The molecular weight excluding hydrogens is 880 g/mol. The highest BCUT2D eigenvalue weighted by Gasteiger charge is 2.44. The van der Waals surface area contributed by atoms with Crippen LogP contribution in [0.4, 0.5) is 0 Å². The molecule has 0 atom stereocenters. The van der Waals surface area contributed by atoms with Crippen molar-refractivity contribution in [1.82, 2.24) is 9.13 Å². The van der Waals surface area contributed by atoms with Gasteiger partial charge in [0.05, 0.1) is 38.1 Å². The van der Waals surface area contributed by atoms with Gasteiger partial charge in [0, 0.05) is 69.5 Å². The zero-order valence-electron chi connectivity index (χ0n) is 40.5. The number of aromatic nitrogens is 2. The summed E-state index contributed by atoms with van der Waals surface area (Å²) >= 11 is 3.71. The van der Waals surface area contributed by atoms with Crippen molar-refractivity contribution in [2.75, 3.05) is 0 Å². The Balaban J connectivity index is 1.10. The molecule has 336 valence electrons. The Labute approximate surface area is 410 Å². The van der Waals surface area contributed by atoms with Crippen LogP contribution in [0.5, 0.6) is 23.0 Å². The molecule has 12 aromatic rings. The Kier molecular flexibility index (Phi) is 8.32. The molecule has 2 aliphatic rings. The van der Waals surface area contributed by atoms with Crippen LogP contribution in [0.1, 0.15) is 79.0 Å². The first kappa shape index (κ1) is 41.2. The van der Waals surface area contributed by atoms with E-state index in [1.54, 1.807) is 0 Å². The van der Waals surface area contributed by atoms with E-state index in [1.165, 1.54) is 90.8 Å². The Morgan fingerprint density at radius 1 is 0.435 bits per heavy atom. The monoisotopic (exact) mass is 930 g/mol. The minimum absolute atomic E-state index is 0.00456. The lowest BCUT2D eigenvalue weighted by atomic mass is 9.37. The molecule has 0 aliphatic carbocycles.